The highest BCUT2D eigenvalue weighted by Crippen LogP contribution is 1.97. The van der Waals surface area contributed by atoms with Crippen LogP contribution in [0.5, 0.6) is 0 Å². The first-order valence-electron chi connectivity index (χ1n) is 3.14. The van der Waals surface area contributed by atoms with Crippen LogP contribution in [0, 0.1) is 0 Å². The second kappa shape index (κ2) is 3.11. The summed E-state index contributed by atoms with van der Waals surface area (Å²) in [5.41, 5.74) is 4.30. The first kappa shape index (κ1) is 6.12. The van der Waals surface area contributed by atoms with Crippen LogP contribution in [-0.4, -0.2) is 0 Å². The molecule has 0 fully saturated rings. The van der Waals surface area contributed by atoms with Gasteiger partial charge in [-0.2, -0.15) is 0 Å². The van der Waals surface area contributed by atoms with E-state index in [1.54, 1.807) is 0 Å². The van der Waals surface area contributed by atoms with Crippen molar-refractivity contribution < 1.29 is 0 Å². The van der Waals surface area contributed by atoms with Gasteiger partial charge in [-0.25, -0.2) is 0 Å². The molecule has 0 heterocycles. The lowest BCUT2D eigenvalue weighted by molar-refractivity contribution is 1.36. The summed E-state index contributed by atoms with van der Waals surface area (Å²) in [7, 11) is 0. The van der Waals surface area contributed by atoms with Crippen molar-refractivity contribution in [2.24, 2.45) is 0 Å². The maximum absolute atomic E-state index is 3.10. The minimum atomic E-state index is 1.04. The Morgan fingerprint density at radius 3 is 3.22 bits per heavy atom. The highest BCUT2D eigenvalue weighted by Gasteiger charge is 1.77. The van der Waals surface area contributed by atoms with Crippen molar-refractivity contribution in [3.63, 3.8) is 0 Å². The molecule has 0 bridgehead atoms. The van der Waals surface area contributed by atoms with Crippen LogP contribution >= 0.6 is 0 Å². The van der Waals surface area contributed by atoms with Crippen LogP contribution in [0.25, 0.3) is 0 Å². The molecule has 0 N–H and O–H groups in total. The molecule has 0 saturated carbocycles. The lowest BCUT2D eigenvalue weighted by Crippen LogP contribution is -1.66. The molecular formula is C9H10. The average Bonchev–Trinajstić information content (AvgIpc) is 1.79. The number of allylic oxidation sites excluding steroid dienone is 5. The van der Waals surface area contributed by atoms with Gasteiger partial charge in [0.1, 0.15) is 0 Å². The van der Waals surface area contributed by atoms with Gasteiger partial charge in [0, 0.05) is 0 Å². The Labute approximate surface area is 55.9 Å². The van der Waals surface area contributed by atoms with Crippen molar-refractivity contribution in [2.75, 3.05) is 0 Å². The van der Waals surface area contributed by atoms with Gasteiger partial charge in [-0.1, -0.05) is 24.3 Å². The Kier molecular flexibility index (Phi) is 2.12. The van der Waals surface area contributed by atoms with E-state index in [4.69, 9.17) is 0 Å². The molecule has 9 heavy (non-hydrogen) atoms. The summed E-state index contributed by atoms with van der Waals surface area (Å²) in [6.07, 6.45) is 11.3. The number of rotatable bonds is 0. The van der Waals surface area contributed by atoms with E-state index < -0.39 is 0 Å². The van der Waals surface area contributed by atoms with Crippen LogP contribution in [0.1, 0.15) is 13.3 Å². The lowest BCUT2D eigenvalue weighted by atomic mass is 10.2. The first-order chi connectivity index (χ1) is 4.39. The summed E-state index contributed by atoms with van der Waals surface area (Å²) in [6, 6.07) is 0. The van der Waals surface area contributed by atoms with Gasteiger partial charge in [-0.05, 0) is 25.0 Å². The van der Waals surface area contributed by atoms with E-state index in [-0.39, 0.29) is 0 Å². The molecule has 46 valence electrons. The molecule has 0 atom stereocenters. The quantitative estimate of drug-likeness (QED) is 0.429. The Bertz CT molecular complexity index is 198. The molecule has 1 aliphatic rings. The van der Waals surface area contributed by atoms with Gasteiger partial charge in [0.2, 0.25) is 0 Å². The summed E-state index contributed by atoms with van der Waals surface area (Å²) in [4.78, 5) is 0. The topological polar surface area (TPSA) is 0 Å². The molecule has 0 amide bonds. The van der Waals surface area contributed by atoms with Gasteiger partial charge in [0.05, 0.1) is 0 Å². The Balaban J connectivity index is 2.87. The lowest BCUT2D eigenvalue weighted by Gasteiger charge is -1.86. The fourth-order valence-electron chi connectivity index (χ4n) is 0.698. The minimum absolute atomic E-state index is 1.04. The van der Waals surface area contributed by atoms with Gasteiger partial charge < -0.3 is 0 Å². The van der Waals surface area contributed by atoms with Crippen LogP contribution in [0.4, 0.5) is 0 Å². The van der Waals surface area contributed by atoms with Crippen molar-refractivity contribution >= 4 is 0 Å². The SMILES string of the molecule is CC1=C=CC=CCC=C1. The van der Waals surface area contributed by atoms with Crippen molar-refractivity contribution in [1.29, 1.82) is 0 Å². The van der Waals surface area contributed by atoms with Crippen LogP contribution < -0.4 is 0 Å². The molecule has 0 unspecified atom stereocenters. The van der Waals surface area contributed by atoms with E-state index in [1.165, 1.54) is 5.57 Å². The largest absolute Gasteiger partial charge is 0.118 e. The van der Waals surface area contributed by atoms with E-state index >= 15 is 0 Å². The van der Waals surface area contributed by atoms with Gasteiger partial charge >= 0.3 is 0 Å². The van der Waals surface area contributed by atoms with Gasteiger partial charge in [-0.3, -0.25) is 0 Å². The molecule has 0 aliphatic heterocycles. The highest BCUT2D eigenvalue weighted by atomic mass is 13.8. The van der Waals surface area contributed by atoms with Gasteiger partial charge in [0.25, 0.3) is 0 Å². The predicted octanol–water partition coefficient (Wildman–Crippen LogP) is 2.60. The van der Waals surface area contributed by atoms with E-state index in [2.05, 4.69) is 24.0 Å². The van der Waals surface area contributed by atoms with Crippen LogP contribution in [0.3, 0.4) is 0 Å². The van der Waals surface area contributed by atoms with Crippen molar-refractivity contribution in [3.05, 3.63) is 41.7 Å². The molecule has 1 aliphatic carbocycles. The third-order valence-corrected chi connectivity index (χ3v) is 1.18. The van der Waals surface area contributed by atoms with E-state index in [9.17, 15) is 0 Å². The van der Waals surface area contributed by atoms with Crippen molar-refractivity contribution in [1.82, 2.24) is 0 Å². The van der Waals surface area contributed by atoms with Crippen LogP contribution in [0.15, 0.2) is 41.7 Å². The predicted molar refractivity (Wildman–Crippen MR) is 40.2 cm³/mol. The maximum atomic E-state index is 3.10. The molecule has 0 heteroatoms. The molecule has 0 nitrogen and oxygen atoms in total. The third-order valence-electron chi connectivity index (χ3n) is 1.18. The Morgan fingerprint density at radius 2 is 2.33 bits per heavy atom. The molecule has 1 rings (SSSR count). The average molecular weight is 118 g/mol. The Hall–Kier alpha value is -1.00. The van der Waals surface area contributed by atoms with Gasteiger partial charge in [-0.15, -0.1) is 5.73 Å². The standard InChI is InChI=1S/C9H10/c1-9-7-5-3-2-4-6-8-9/h2-3,5-6,8H,4H2,1H3. The second-order valence-corrected chi connectivity index (χ2v) is 2.06. The number of hydrogen-bond donors (Lipinski definition) is 0. The third kappa shape index (κ3) is 2.16. The minimum Gasteiger partial charge on any atom is -0.118 e. The smallest absolute Gasteiger partial charge is 0.00945 e. The van der Waals surface area contributed by atoms with E-state index in [0.29, 0.717) is 0 Å². The monoisotopic (exact) mass is 118 g/mol. The summed E-state index contributed by atoms with van der Waals surface area (Å²) in [5.74, 6) is 0. The summed E-state index contributed by atoms with van der Waals surface area (Å²) in [6.45, 7) is 2.05. The van der Waals surface area contributed by atoms with Gasteiger partial charge in [0.15, 0.2) is 0 Å². The second-order valence-electron chi connectivity index (χ2n) is 2.06. The summed E-state index contributed by atoms with van der Waals surface area (Å²) < 4.78 is 0. The molecule has 0 spiro atoms. The molecule has 0 aromatic carbocycles. The zero-order chi connectivity index (χ0) is 6.53. The van der Waals surface area contributed by atoms with E-state index in [1.807, 2.05) is 19.1 Å². The Morgan fingerprint density at radius 1 is 1.44 bits per heavy atom. The summed E-state index contributed by atoms with van der Waals surface area (Å²) >= 11 is 0. The molecule has 0 aromatic rings. The van der Waals surface area contributed by atoms with Crippen LogP contribution in [0.2, 0.25) is 0 Å². The molecular weight excluding hydrogens is 108 g/mol. The normalized spacial score (nSPS) is 16.8. The zero-order valence-corrected chi connectivity index (χ0v) is 5.59. The highest BCUT2D eigenvalue weighted by molar-refractivity contribution is 5.20. The van der Waals surface area contributed by atoms with E-state index in [0.717, 1.165) is 6.42 Å². The number of hydrogen-bond acceptors (Lipinski definition) is 0. The first-order valence-corrected chi connectivity index (χ1v) is 3.14. The van der Waals surface area contributed by atoms with Crippen LogP contribution in [-0.2, 0) is 0 Å². The summed E-state index contributed by atoms with van der Waals surface area (Å²) in [5, 5.41) is 0. The fourth-order valence-corrected chi connectivity index (χ4v) is 0.698. The maximum Gasteiger partial charge on any atom is -0.00945 e. The molecule has 0 saturated heterocycles. The molecule has 0 radical (unpaired) electrons. The zero-order valence-electron chi connectivity index (χ0n) is 5.59. The molecule has 0 aromatic heterocycles. The van der Waals surface area contributed by atoms with Crippen molar-refractivity contribution in [3.8, 4) is 0 Å². The van der Waals surface area contributed by atoms with Crippen molar-refractivity contribution in [2.45, 2.75) is 13.3 Å². The fraction of sp³-hybridized carbons (Fsp3) is 0.222.